The fourth-order valence-corrected chi connectivity index (χ4v) is 6.32. The Balaban J connectivity index is 1.37. The van der Waals surface area contributed by atoms with Crippen molar-refractivity contribution in [3.05, 3.63) is 17.5 Å². The second-order valence-electron chi connectivity index (χ2n) is 8.61. The molecule has 0 atom stereocenters. The van der Waals surface area contributed by atoms with Gasteiger partial charge in [0.05, 0.1) is 24.2 Å². The van der Waals surface area contributed by atoms with Gasteiger partial charge >= 0.3 is 0 Å². The molecule has 0 aromatic carbocycles. The molecule has 5 aliphatic rings. The molecule has 1 aliphatic heterocycles. The quantitative estimate of drug-likeness (QED) is 0.630. The van der Waals surface area contributed by atoms with Crippen LogP contribution in [0.25, 0.3) is 0 Å². The van der Waals surface area contributed by atoms with Gasteiger partial charge in [-0.15, -0.1) is 0 Å². The fraction of sp³-hybridized carbons (Fsp3) is 0.722. The van der Waals surface area contributed by atoms with Gasteiger partial charge in [0, 0.05) is 6.54 Å². The number of aromatic nitrogens is 2. The third-order valence-electron chi connectivity index (χ3n) is 6.91. The van der Waals surface area contributed by atoms with E-state index in [9.17, 15) is 9.59 Å². The Morgan fingerprint density at radius 2 is 1.76 bits per heavy atom. The number of carbonyl (C=O) groups excluding carboxylic acids is 2. The van der Waals surface area contributed by atoms with Crippen molar-refractivity contribution in [3.63, 3.8) is 0 Å². The van der Waals surface area contributed by atoms with Gasteiger partial charge in [0.1, 0.15) is 0 Å². The molecule has 4 bridgehead atoms. The number of rotatable bonds is 2. The zero-order chi connectivity index (χ0) is 17.2. The number of hydrogen-bond donors (Lipinski definition) is 2. The van der Waals surface area contributed by atoms with E-state index in [4.69, 9.17) is 5.21 Å². The molecule has 25 heavy (non-hydrogen) atoms. The molecule has 0 spiro atoms. The molecule has 2 N–H and O–H groups in total. The number of fused-ring (bicyclic) bond motifs is 1. The highest BCUT2D eigenvalue weighted by molar-refractivity contribution is 5.91. The zero-order valence-electron chi connectivity index (χ0n) is 14.3. The van der Waals surface area contributed by atoms with Gasteiger partial charge in [-0.1, -0.05) is 0 Å². The van der Waals surface area contributed by atoms with Crippen LogP contribution in [0.2, 0.25) is 0 Å². The van der Waals surface area contributed by atoms with Crippen LogP contribution in [0.15, 0.2) is 6.07 Å². The molecule has 4 aliphatic carbocycles. The standard InChI is InChI=1S/C18H24N4O3/c23-16(20-25)15-6-14-10-21(1-2-22(14)19-15)17(24)18-7-11-3-12(8-18)5-13(4-11)9-18/h6,11-13,25H,1-5,7-10H2,(H,20,23). The van der Waals surface area contributed by atoms with Crippen molar-refractivity contribution in [2.24, 2.45) is 23.2 Å². The summed E-state index contributed by atoms with van der Waals surface area (Å²) in [5.74, 6) is 1.98. The van der Waals surface area contributed by atoms with Gasteiger partial charge in [-0.3, -0.25) is 19.5 Å². The summed E-state index contributed by atoms with van der Waals surface area (Å²) < 4.78 is 1.77. The molecule has 6 rings (SSSR count). The number of amides is 2. The monoisotopic (exact) mass is 344 g/mol. The van der Waals surface area contributed by atoms with Crippen LogP contribution in [0.3, 0.4) is 0 Å². The molecule has 4 fully saturated rings. The van der Waals surface area contributed by atoms with Crippen LogP contribution >= 0.6 is 0 Å². The van der Waals surface area contributed by atoms with Crippen LogP contribution in [0.5, 0.6) is 0 Å². The Kier molecular flexibility index (Phi) is 3.26. The summed E-state index contributed by atoms with van der Waals surface area (Å²) in [6, 6.07) is 1.67. The van der Waals surface area contributed by atoms with Crippen molar-refractivity contribution < 1.29 is 14.8 Å². The maximum absolute atomic E-state index is 13.4. The average Bonchev–Trinajstić information content (AvgIpc) is 3.02. The lowest BCUT2D eigenvalue weighted by molar-refractivity contribution is -0.159. The molecule has 4 saturated carbocycles. The topological polar surface area (TPSA) is 87.5 Å². The summed E-state index contributed by atoms with van der Waals surface area (Å²) in [6.45, 7) is 1.76. The normalized spacial score (nSPS) is 35.6. The summed E-state index contributed by atoms with van der Waals surface area (Å²) in [6.07, 6.45) is 7.22. The number of nitrogens with one attached hydrogen (secondary N) is 1. The largest absolute Gasteiger partial charge is 0.334 e. The molecular formula is C18H24N4O3. The molecule has 0 unspecified atom stereocenters. The van der Waals surface area contributed by atoms with E-state index in [2.05, 4.69) is 5.10 Å². The fourth-order valence-electron chi connectivity index (χ4n) is 6.32. The lowest BCUT2D eigenvalue weighted by Gasteiger charge is -2.56. The minimum Gasteiger partial charge on any atom is -0.334 e. The molecular weight excluding hydrogens is 320 g/mol. The van der Waals surface area contributed by atoms with Crippen molar-refractivity contribution in [1.29, 1.82) is 0 Å². The van der Waals surface area contributed by atoms with E-state index in [0.717, 1.165) is 42.7 Å². The molecule has 7 nitrogen and oxygen atoms in total. The third-order valence-corrected chi connectivity index (χ3v) is 6.91. The van der Waals surface area contributed by atoms with E-state index in [1.807, 2.05) is 4.90 Å². The summed E-state index contributed by atoms with van der Waals surface area (Å²) >= 11 is 0. The Labute approximate surface area is 146 Å². The summed E-state index contributed by atoms with van der Waals surface area (Å²) in [7, 11) is 0. The van der Waals surface area contributed by atoms with Gasteiger partial charge in [0.2, 0.25) is 5.91 Å². The molecule has 0 saturated heterocycles. The number of nitrogens with zero attached hydrogens (tertiary/aromatic N) is 3. The lowest BCUT2D eigenvalue weighted by Crippen LogP contribution is -2.55. The molecule has 1 aromatic heterocycles. The highest BCUT2D eigenvalue weighted by Crippen LogP contribution is 2.60. The number of hydroxylamine groups is 1. The van der Waals surface area contributed by atoms with Crippen LogP contribution in [-0.2, 0) is 17.9 Å². The molecule has 7 heteroatoms. The second-order valence-corrected chi connectivity index (χ2v) is 8.61. The van der Waals surface area contributed by atoms with E-state index in [1.165, 1.54) is 19.3 Å². The van der Waals surface area contributed by atoms with E-state index >= 15 is 0 Å². The smallest absolute Gasteiger partial charge is 0.295 e. The first-order valence-electron chi connectivity index (χ1n) is 9.37. The Morgan fingerprint density at radius 1 is 1.12 bits per heavy atom. The van der Waals surface area contributed by atoms with E-state index in [-0.39, 0.29) is 11.1 Å². The molecule has 2 heterocycles. The first-order valence-corrected chi connectivity index (χ1v) is 9.37. The first kappa shape index (κ1) is 15.4. The molecule has 134 valence electrons. The molecule has 2 amide bonds. The van der Waals surface area contributed by atoms with Gasteiger partial charge in [-0.05, 0) is 62.3 Å². The highest BCUT2D eigenvalue weighted by Gasteiger charge is 2.55. The molecule has 0 radical (unpaired) electrons. The zero-order valence-corrected chi connectivity index (χ0v) is 14.3. The van der Waals surface area contributed by atoms with Crippen LogP contribution in [-0.4, -0.2) is 38.2 Å². The van der Waals surface area contributed by atoms with Crippen LogP contribution in [0.4, 0.5) is 0 Å². The van der Waals surface area contributed by atoms with E-state index < -0.39 is 5.91 Å². The van der Waals surface area contributed by atoms with Gasteiger partial charge in [-0.25, -0.2) is 5.48 Å². The summed E-state index contributed by atoms with van der Waals surface area (Å²) in [4.78, 5) is 27.0. The van der Waals surface area contributed by atoms with Gasteiger partial charge in [-0.2, -0.15) is 5.10 Å². The Bertz CT molecular complexity index is 705. The van der Waals surface area contributed by atoms with Crippen LogP contribution < -0.4 is 5.48 Å². The van der Waals surface area contributed by atoms with Crippen molar-refractivity contribution in [3.8, 4) is 0 Å². The highest BCUT2D eigenvalue weighted by atomic mass is 16.5. The molecule has 1 aromatic rings. The van der Waals surface area contributed by atoms with Crippen molar-refractivity contribution in [2.45, 2.75) is 51.6 Å². The van der Waals surface area contributed by atoms with Crippen LogP contribution in [0, 0.1) is 23.2 Å². The average molecular weight is 344 g/mol. The third kappa shape index (κ3) is 2.32. The first-order chi connectivity index (χ1) is 12.1. The number of hydrogen-bond acceptors (Lipinski definition) is 4. The van der Waals surface area contributed by atoms with Crippen LogP contribution in [0.1, 0.15) is 54.7 Å². The van der Waals surface area contributed by atoms with E-state index in [0.29, 0.717) is 25.5 Å². The SMILES string of the molecule is O=C(NO)c1cc2n(n1)CCN(C(=O)C13CC4CC(CC(C4)C1)C3)C2. The predicted octanol–water partition coefficient (Wildman–Crippen LogP) is 1.56. The Morgan fingerprint density at radius 3 is 2.36 bits per heavy atom. The van der Waals surface area contributed by atoms with Gasteiger partial charge in [0.15, 0.2) is 5.69 Å². The maximum Gasteiger partial charge on any atom is 0.295 e. The maximum atomic E-state index is 13.4. The van der Waals surface area contributed by atoms with Crippen molar-refractivity contribution in [1.82, 2.24) is 20.2 Å². The van der Waals surface area contributed by atoms with Crippen molar-refractivity contribution >= 4 is 11.8 Å². The minimum absolute atomic E-state index is 0.123. The summed E-state index contributed by atoms with van der Waals surface area (Å²) in [5, 5.41) is 13.0. The number of carbonyl (C=O) groups is 2. The van der Waals surface area contributed by atoms with E-state index in [1.54, 1.807) is 16.2 Å². The Hall–Kier alpha value is -1.89. The minimum atomic E-state index is -0.610. The predicted molar refractivity (Wildman–Crippen MR) is 87.5 cm³/mol. The lowest BCUT2D eigenvalue weighted by atomic mass is 9.49. The summed E-state index contributed by atoms with van der Waals surface area (Å²) in [5.41, 5.74) is 2.56. The van der Waals surface area contributed by atoms with Gasteiger partial charge < -0.3 is 4.90 Å². The second kappa shape index (κ2) is 5.30. The van der Waals surface area contributed by atoms with Gasteiger partial charge in [0.25, 0.3) is 5.91 Å². The van der Waals surface area contributed by atoms with Crippen molar-refractivity contribution in [2.75, 3.05) is 6.54 Å².